The minimum Gasteiger partial charge on any atom is -0.398 e. The highest BCUT2D eigenvalue weighted by Crippen LogP contribution is 2.28. The van der Waals surface area contributed by atoms with Crippen LogP contribution in [-0.2, 0) is 13.1 Å². The molecule has 104 valence electrons. The Bertz CT molecular complexity index is 436. The van der Waals surface area contributed by atoms with Crippen LogP contribution in [0.3, 0.4) is 0 Å². The Balaban J connectivity index is 1.50. The predicted octanol–water partition coefficient (Wildman–Crippen LogP) is 2.32. The molecule has 0 atom stereocenters. The lowest BCUT2D eigenvalue weighted by atomic mass is 9.94. The molecule has 1 aromatic carbocycles. The molecule has 3 nitrogen and oxygen atoms in total. The van der Waals surface area contributed by atoms with Crippen LogP contribution >= 0.6 is 0 Å². The van der Waals surface area contributed by atoms with E-state index in [-0.39, 0.29) is 0 Å². The lowest BCUT2D eigenvalue weighted by Crippen LogP contribution is -2.31. The lowest BCUT2D eigenvalue weighted by Gasteiger charge is -2.30. The molecule has 2 aliphatic rings. The van der Waals surface area contributed by atoms with Crippen LogP contribution < -0.4 is 5.73 Å². The molecule has 0 aliphatic carbocycles. The molecule has 1 saturated heterocycles. The second-order valence-electron chi connectivity index (χ2n) is 6.23. The molecule has 0 radical (unpaired) electrons. The Morgan fingerprint density at radius 3 is 2.74 bits per heavy atom. The average Bonchev–Trinajstić information content (AvgIpc) is 2.83. The first-order chi connectivity index (χ1) is 9.22. The van der Waals surface area contributed by atoms with Gasteiger partial charge in [0.05, 0.1) is 0 Å². The fraction of sp³-hybridized carbons (Fsp3) is 0.625. The number of likely N-dealkylation sites (tertiary alicyclic amines) is 1. The molecule has 3 heteroatoms. The van der Waals surface area contributed by atoms with Crippen molar-refractivity contribution in [2.75, 3.05) is 32.4 Å². The van der Waals surface area contributed by atoms with E-state index in [4.69, 9.17) is 5.73 Å². The molecule has 3 rings (SSSR count). The van der Waals surface area contributed by atoms with Crippen molar-refractivity contribution >= 4 is 5.69 Å². The van der Waals surface area contributed by atoms with Crippen molar-refractivity contribution in [1.82, 2.24) is 9.80 Å². The van der Waals surface area contributed by atoms with Crippen LogP contribution in [0.1, 0.15) is 30.4 Å². The highest BCUT2D eigenvalue weighted by Gasteiger charge is 2.22. The molecule has 2 N–H and O–H groups in total. The van der Waals surface area contributed by atoms with Gasteiger partial charge in [-0.15, -0.1) is 0 Å². The lowest BCUT2D eigenvalue weighted by molar-refractivity contribution is 0.186. The number of nitrogens with two attached hydrogens (primary N) is 1. The van der Waals surface area contributed by atoms with Gasteiger partial charge in [-0.3, -0.25) is 4.90 Å². The highest BCUT2D eigenvalue weighted by atomic mass is 15.1. The van der Waals surface area contributed by atoms with Gasteiger partial charge in [-0.2, -0.15) is 0 Å². The van der Waals surface area contributed by atoms with Crippen molar-refractivity contribution in [3.05, 3.63) is 29.3 Å². The van der Waals surface area contributed by atoms with Gasteiger partial charge in [-0.25, -0.2) is 0 Å². The molecule has 19 heavy (non-hydrogen) atoms. The summed E-state index contributed by atoms with van der Waals surface area (Å²) in [5, 5.41) is 0. The maximum absolute atomic E-state index is 6.06. The Labute approximate surface area is 116 Å². The average molecular weight is 259 g/mol. The third kappa shape index (κ3) is 2.93. The van der Waals surface area contributed by atoms with E-state index >= 15 is 0 Å². The molecule has 0 unspecified atom stereocenters. The van der Waals surface area contributed by atoms with Gasteiger partial charge >= 0.3 is 0 Å². The minimum atomic E-state index is 0.928. The summed E-state index contributed by atoms with van der Waals surface area (Å²) in [6, 6.07) is 6.33. The first-order valence-electron chi connectivity index (χ1n) is 7.49. The number of hydrogen-bond acceptors (Lipinski definition) is 3. The van der Waals surface area contributed by atoms with Crippen molar-refractivity contribution in [2.24, 2.45) is 5.92 Å². The zero-order chi connectivity index (χ0) is 13.2. The van der Waals surface area contributed by atoms with E-state index < -0.39 is 0 Å². The molecule has 0 saturated carbocycles. The number of benzene rings is 1. The third-order valence-electron chi connectivity index (χ3n) is 4.78. The van der Waals surface area contributed by atoms with Gasteiger partial charge < -0.3 is 10.6 Å². The molecular formula is C16H25N3. The third-order valence-corrected chi connectivity index (χ3v) is 4.78. The van der Waals surface area contributed by atoms with Gasteiger partial charge in [0.1, 0.15) is 0 Å². The number of fused-ring (bicyclic) bond motifs is 1. The highest BCUT2D eigenvalue weighted by molar-refractivity contribution is 5.52. The molecule has 1 aromatic rings. The molecule has 1 fully saturated rings. The zero-order valence-electron chi connectivity index (χ0n) is 11.9. The van der Waals surface area contributed by atoms with Crippen LogP contribution in [0, 0.1) is 5.92 Å². The Morgan fingerprint density at radius 2 is 2.00 bits per heavy atom. The summed E-state index contributed by atoms with van der Waals surface area (Å²) in [6.45, 7) is 5.92. The second kappa shape index (κ2) is 5.51. The molecule has 2 heterocycles. The quantitative estimate of drug-likeness (QED) is 0.846. The summed E-state index contributed by atoms with van der Waals surface area (Å²) >= 11 is 0. The SMILES string of the molecule is CN1CCC(CCN2Cc3cccc(N)c3C2)CC1. The van der Waals surface area contributed by atoms with E-state index in [1.54, 1.807) is 0 Å². The van der Waals surface area contributed by atoms with E-state index in [9.17, 15) is 0 Å². The standard InChI is InChI=1S/C16H25N3/c1-18-8-5-13(6-9-18)7-10-19-11-14-3-2-4-16(17)15(14)12-19/h2-4,13H,5-12,17H2,1H3. The Morgan fingerprint density at radius 1 is 1.21 bits per heavy atom. The first-order valence-corrected chi connectivity index (χ1v) is 7.49. The smallest absolute Gasteiger partial charge is 0.0363 e. The Kier molecular flexibility index (Phi) is 3.76. The van der Waals surface area contributed by atoms with Crippen LogP contribution in [0.25, 0.3) is 0 Å². The van der Waals surface area contributed by atoms with Gasteiger partial charge in [0.15, 0.2) is 0 Å². The van der Waals surface area contributed by atoms with Gasteiger partial charge in [-0.1, -0.05) is 12.1 Å². The van der Waals surface area contributed by atoms with Crippen LogP contribution in [-0.4, -0.2) is 36.5 Å². The topological polar surface area (TPSA) is 32.5 Å². The number of rotatable bonds is 3. The van der Waals surface area contributed by atoms with Crippen molar-refractivity contribution < 1.29 is 0 Å². The van der Waals surface area contributed by atoms with Crippen molar-refractivity contribution in [2.45, 2.75) is 32.4 Å². The molecule has 0 spiro atoms. The van der Waals surface area contributed by atoms with Crippen molar-refractivity contribution in [3.8, 4) is 0 Å². The fourth-order valence-corrected chi connectivity index (χ4v) is 3.39. The van der Waals surface area contributed by atoms with E-state index in [1.807, 2.05) is 6.07 Å². The van der Waals surface area contributed by atoms with E-state index in [2.05, 4.69) is 29.0 Å². The van der Waals surface area contributed by atoms with E-state index in [0.717, 1.165) is 24.7 Å². The zero-order valence-corrected chi connectivity index (χ0v) is 11.9. The van der Waals surface area contributed by atoms with Crippen LogP contribution in [0.5, 0.6) is 0 Å². The first kappa shape index (κ1) is 12.9. The second-order valence-corrected chi connectivity index (χ2v) is 6.23. The number of nitrogen functional groups attached to an aromatic ring is 1. The summed E-state index contributed by atoms with van der Waals surface area (Å²) < 4.78 is 0. The summed E-state index contributed by atoms with van der Waals surface area (Å²) in [5.74, 6) is 0.928. The molecule has 0 aromatic heterocycles. The summed E-state index contributed by atoms with van der Waals surface area (Å²) in [7, 11) is 2.23. The Hall–Kier alpha value is -1.06. The van der Waals surface area contributed by atoms with E-state index in [1.165, 1.54) is 50.0 Å². The molecule has 0 amide bonds. The van der Waals surface area contributed by atoms with Gasteiger partial charge in [0.2, 0.25) is 0 Å². The predicted molar refractivity (Wildman–Crippen MR) is 79.8 cm³/mol. The van der Waals surface area contributed by atoms with E-state index in [0.29, 0.717) is 0 Å². The molecule has 2 aliphatic heterocycles. The monoisotopic (exact) mass is 259 g/mol. The largest absolute Gasteiger partial charge is 0.398 e. The normalized spacial score (nSPS) is 21.7. The number of anilines is 1. The van der Waals surface area contributed by atoms with Gasteiger partial charge in [-0.05, 0) is 69.1 Å². The molecule has 0 bridgehead atoms. The number of nitrogens with zero attached hydrogens (tertiary/aromatic N) is 2. The van der Waals surface area contributed by atoms with Gasteiger partial charge in [0, 0.05) is 18.8 Å². The number of hydrogen-bond donors (Lipinski definition) is 1. The summed E-state index contributed by atoms with van der Waals surface area (Å²) in [5.41, 5.74) is 9.83. The summed E-state index contributed by atoms with van der Waals surface area (Å²) in [4.78, 5) is 5.00. The van der Waals surface area contributed by atoms with Crippen LogP contribution in [0.2, 0.25) is 0 Å². The fourth-order valence-electron chi connectivity index (χ4n) is 3.39. The number of piperidine rings is 1. The summed E-state index contributed by atoms with van der Waals surface area (Å²) in [6.07, 6.45) is 4.10. The van der Waals surface area contributed by atoms with Gasteiger partial charge in [0.25, 0.3) is 0 Å². The maximum atomic E-state index is 6.06. The minimum absolute atomic E-state index is 0.928. The van der Waals surface area contributed by atoms with Crippen molar-refractivity contribution in [1.29, 1.82) is 0 Å². The van der Waals surface area contributed by atoms with Crippen LogP contribution in [0.15, 0.2) is 18.2 Å². The molecular weight excluding hydrogens is 234 g/mol. The maximum Gasteiger partial charge on any atom is 0.0363 e. The van der Waals surface area contributed by atoms with Crippen LogP contribution in [0.4, 0.5) is 5.69 Å². The van der Waals surface area contributed by atoms with Crippen molar-refractivity contribution in [3.63, 3.8) is 0 Å².